The minimum Gasteiger partial charge on any atom is -0.482 e. The molecule has 1 rings (SSSR count). The van der Waals surface area contributed by atoms with Gasteiger partial charge in [-0.2, -0.15) is 0 Å². The molecule has 0 spiro atoms. The predicted molar refractivity (Wildman–Crippen MR) is 86.0 cm³/mol. The summed E-state index contributed by atoms with van der Waals surface area (Å²) in [5, 5.41) is 0.809. The van der Waals surface area contributed by atoms with Gasteiger partial charge in [0.1, 0.15) is 11.2 Å². The van der Waals surface area contributed by atoms with E-state index in [1.54, 1.807) is 11.8 Å². The predicted octanol–water partition coefficient (Wildman–Crippen LogP) is 4.23. The van der Waals surface area contributed by atoms with Gasteiger partial charge < -0.3 is 14.2 Å². The number of hydrogen-bond donors (Lipinski definition) is 0. The molecule has 0 aromatic heterocycles. The third-order valence-corrected chi connectivity index (χ3v) is 4.50. The molecule has 3 unspecified atom stereocenters. The van der Waals surface area contributed by atoms with Crippen LogP contribution in [0.3, 0.4) is 0 Å². The van der Waals surface area contributed by atoms with Crippen LogP contribution in [0.2, 0.25) is 0 Å². The maximum atomic E-state index is 5.79. The van der Waals surface area contributed by atoms with Gasteiger partial charge in [0.05, 0.1) is 19.3 Å². The van der Waals surface area contributed by atoms with E-state index in [1.807, 2.05) is 0 Å². The highest BCUT2D eigenvalue weighted by Gasteiger charge is 2.21. The van der Waals surface area contributed by atoms with Gasteiger partial charge in [-0.1, -0.05) is 44.9 Å². The molecule has 0 N–H and O–H groups in total. The van der Waals surface area contributed by atoms with Gasteiger partial charge in [0.25, 0.3) is 0 Å². The first-order valence-electron chi connectivity index (χ1n) is 7.83. The number of unbranched alkanes of at least 4 members (excludes halogenated alkanes) is 1. The van der Waals surface area contributed by atoms with Gasteiger partial charge in [-0.05, 0) is 25.8 Å². The molecular weight excluding hydrogens is 272 g/mol. The van der Waals surface area contributed by atoms with Gasteiger partial charge in [-0.3, -0.25) is 0 Å². The SMILES string of the molecule is C=C1OC(COC(C)COCC(CC)CCCC)CS1. The molecule has 4 heteroatoms. The first-order valence-corrected chi connectivity index (χ1v) is 8.81. The van der Waals surface area contributed by atoms with E-state index in [2.05, 4.69) is 27.4 Å². The van der Waals surface area contributed by atoms with Crippen LogP contribution in [0.15, 0.2) is 11.7 Å². The third kappa shape index (κ3) is 7.55. The molecule has 20 heavy (non-hydrogen) atoms. The Kier molecular flexibility index (Phi) is 9.40. The minimum atomic E-state index is 0.126. The smallest absolute Gasteiger partial charge is 0.146 e. The summed E-state index contributed by atoms with van der Waals surface area (Å²) < 4.78 is 17.1. The van der Waals surface area contributed by atoms with Crippen molar-refractivity contribution in [1.82, 2.24) is 0 Å². The Bertz CT molecular complexity index is 270. The summed E-state index contributed by atoms with van der Waals surface area (Å²) >= 11 is 1.66. The Labute approximate surface area is 128 Å². The molecule has 0 amide bonds. The van der Waals surface area contributed by atoms with E-state index in [9.17, 15) is 0 Å². The molecule has 1 saturated heterocycles. The summed E-state index contributed by atoms with van der Waals surface area (Å²) in [5.74, 6) is 1.64. The van der Waals surface area contributed by atoms with Gasteiger partial charge in [0.15, 0.2) is 0 Å². The van der Waals surface area contributed by atoms with Crippen LogP contribution in [-0.4, -0.2) is 37.8 Å². The maximum absolute atomic E-state index is 5.79. The minimum absolute atomic E-state index is 0.126. The standard InChI is InChI=1S/C16H30O3S/c1-5-7-8-15(6-2)10-17-9-13(3)18-11-16-12-20-14(4)19-16/h13,15-16H,4-12H2,1-3H3. The number of thioether (sulfide) groups is 1. The van der Waals surface area contributed by atoms with Gasteiger partial charge in [-0.15, -0.1) is 0 Å². The molecule has 1 heterocycles. The molecule has 3 atom stereocenters. The van der Waals surface area contributed by atoms with Gasteiger partial charge in [0.2, 0.25) is 0 Å². The Morgan fingerprint density at radius 2 is 2.20 bits per heavy atom. The van der Waals surface area contributed by atoms with Crippen LogP contribution >= 0.6 is 11.8 Å². The summed E-state index contributed by atoms with van der Waals surface area (Å²) in [5.41, 5.74) is 0. The van der Waals surface area contributed by atoms with Crippen LogP contribution in [0.1, 0.15) is 46.5 Å². The lowest BCUT2D eigenvalue weighted by Crippen LogP contribution is -2.25. The Hall–Kier alpha value is -0.190. The first kappa shape index (κ1) is 17.9. The molecule has 1 fully saturated rings. The second kappa shape index (κ2) is 10.5. The van der Waals surface area contributed by atoms with Crippen LogP contribution in [0.4, 0.5) is 0 Å². The summed E-state index contributed by atoms with van der Waals surface area (Å²) in [6.45, 7) is 12.5. The summed E-state index contributed by atoms with van der Waals surface area (Å²) in [6.07, 6.45) is 5.32. The largest absolute Gasteiger partial charge is 0.482 e. The van der Waals surface area contributed by atoms with Gasteiger partial charge in [-0.25, -0.2) is 0 Å². The summed E-state index contributed by atoms with van der Waals surface area (Å²) in [6, 6.07) is 0. The highest BCUT2D eigenvalue weighted by molar-refractivity contribution is 8.03. The maximum Gasteiger partial charge on any atom is 0.146 e. The van der Waals surface area contributed by atoms with Crippen LogP contribution < -0.4 is 0 Å². The molecule has 0 aromatic rings. The van der Waals surface area contributed by atoms with Crippen molar-refractivity contribution in [1.29, 1.82) is 0 Å². The van der Waals surface area contributed by atoms with Crippen molar-refractivity contribution in [3.63, 3.8) is 0 Å². The molecule has 1 aliphatic rings. The van der Waals surface area contributed by atoms with E-state index < -0.39 is 0 Å². The lowest BCUT2D eigenvalue weighted by atomic mass is 10.0. The average molecular weight is 302 g/mol. The van der Waals surface area contributed by atoms with Crippen molar-refractivity contribution < 1.29 is 14.2 Å². The third-order valence-electron chi connectivity index (χ3n) is 3.54. The fraction of sp³-hybridized carbons (Fsp3) is 0.875. The van der Waals surface area contributed by atoms with Crippen LogP contribution in [0.25, 0.3) is 0 Å². The molecule has 118 valence electrons. The molecule has 0 bridgehead atoms. The molecule has 0 aromatic carbocycles. The molecule has 1 aliphatic heterocycles. The topological polar surface area (TPSA) is 27.7 Å². The second-order valence-electron chi connectivity index (χ2n) is 5.52. The van der Waals surface area contributed by atoms with E-state index in [4.69, 9.17) is 14.2 Å². The van der Waals surface area contributed by atoms with Gasteiger partial charge in [0, 0.05) is 12.4 Å². The molecular formula is C16H30O3S. The lowest BCUT2D eigenvalue weighted by Gasteiger charge is -2.19. The zero-order valence-electron chi connectivity index (χ0n) is 13.2. The van der Waals surface area contributed by atoms with E-state index in [1.165, 1.54) is 25.7 Å². The van der Waals surface area contributed by atoms with Gasteiger partial charge >= 0.3 is 0 Å². The second-order valence-corrected chi connectivity index (χ2v) is 6.60. The van der Waals surface area contributed by atoms with Crippen molar-refractivity contribution in [2.75, 3.05) is 25.6 Å². The average Bonchev–Trinajstić information content (AvgIpc) is 2.86. The van der Waals surface area contributed by atoms with E-state index in [0.29, 0.717) is 19.1 Å². The van der Waals surface area contributed by atoms with E-state index in [-0.39, 0.29) is 12.2 Å². The van der Waals surface area contributed by atoms with E-state index >= 15 is 0 Å². The van der Waals surface area contributed by atoms with E-state index in [0.717, 1.165) is 17.5 Å². The molecule has 3 nitrogen and oxygen atoms in total. The first-order chi connectivity index (χ1) is 9.65. The quantitative estimate of drug-likeness (QED) is 0.571. The Balaban J connectivity index is 2.04. The van der Waals surface area contributed by atoms with Crippen molar-refractivity contribution in [2.24, 2.45) is 5.92 Å². The monoisotopic (exact) mass is 302 g/mol. The number of rotatable bonds is 11. The van der Waals surface area contributed by atoms with Crippen LogP contribution in [0.5, 0.6) is 0 Å². The number of ether oxygens (including phenoxy) is 3. The van der Waals surface area contributed by atoms with Crippen molar-refractivity contribution >= 4 is 11.8 Å². The fourth-order valence-corrected chi connectivity index (χ4v) is 2.88. The molecule has 0 radical (unpaired) electrons. The normalized spacial score (nSPS) is 21.8. The van der Waals surface area contributed by atoms with Crippen LogP contribution in [0, 0.1) is 5.92 Å². The summed E-state index contributed by atoms with van der Waals surface area (Å²) in [4.78, 5) is 0. The van der Waals surface area contributed by atoms with Crippen molar-refractivity contribution in [3.05, 3.63) is 11.7 Å². The van der Waals surface area contributed by atoms with Crippen molar-refractivity contribution in [2.45, 2.75) is 58.7 Å². The Morgan fingerprint density at radius 1 is 1.40 bits per heavy atom. The zero-order valence-corrected chi connectivity index (χ0v) is 14.0. The zero-order chi connectivity index (χ0) is 14.8. The Morgan fingerprint density at radius 3 is 2.80 bits per heavy atom. The highest BCUT2D eigenvalue weighted by atomic mass is 32.2. The number of hydrogen-bond acceptors (Lipinski definition) is 4. The highest BCUT2D eigenvalue weighted by Crippen LogP contribution is 2.27. The summed E-state index contributed by atoms with van der Waals surface area (Å²) in [7, 11) is 0. The van der Waals surface area contributed by atoms with Crippen molar-refractivity contribution in [3.8, 4) is 0 Å². The van der Waals surface area contributed by atoms with Crippen LogP contribution in [-0.2, 0) is 14.2 Å². The fourth-order valence-electron chi connectivity index (χ4n) is 2.14. The molecule has 0 aliphatic carbocycles. The lowest BCUT2D eigenvalue weighted by molar-refractivity contribution is -0.0429. The molecule has 0 saturated carbocycles.